The molecule has 0 unspecified atom stereocenters. The molecular weight excluding hydrogens is 377 g/mol. The van der Waals surface area contributed by atoms with E-state index in [4.69, 9.17) is 4.74 Å². The zero-order valence-electron chi connectivity index (χ0n) is 15.6. The Morgan fingerprint density at radius 2 is 1.79 bits per heavy atom. The van der Waals surface area contributed by atoms with E-state index in [2.05, 4.69) is 5.32 Å². The number of ether oxygens (including phenoxy) is 1. The molecule has 0 saturated heterocycles. The smallest absolute Gasteiger partial charge is 0.341 e. The van der Waals surface area contributed by atoms with E-state index >= 15 is 0 Å². The Bertz CT molecular complexity index is 967. The third-order valence-corrected chi connectivity index (χ3v) is 5.54. The Morgan fingerprint density at radius 1 is 1.11 bits per heavy atom. The molecule has 144 valence electrons. The molecule has 0 saturated carbocycles. The number of benzene rings is 2. The lowest BCUT2D eigenvalue weighted by Crippen LogP contribution is -2.14. The monoisotopic (exact) mass is 397 g/mol. The second-order valence-electron chi connectivity index (χ2n) is 6.21. The zero-order valence-corrected chi connectivity index (χ0v) is 16.4. The molecule has 0 spiro atoms. The summed E-state index contributed by atoms with van der Waals surface area (Å²) in [7, 11) is 0. The average molecular weight is 397 g/mol. The maximum atomic E-state index is 13.1. The molecule has 3 rings (SSSR count). The fourth-order valence-corrected chi connectivity index (χ4v) is 3.88. The average Bonchev–Trinajstić information content (AvgIpc) is 3.12. The molecule has 1 N–H and O–H groups in total. The summed E-state index contributed by atoms with van der Waals surface area (Å²) in [5, 5.41) is 3.19. The maximum Gasteiger partial charge on any atom is 0.341 e. The molecule has 1 amide bonds. The molecule has 4 nitrogen and oxygen atoms in total. The van der Waals surface area contributed by atoms with Gasteiger partial charge < -0.3 is 10.1 Å². The number of rotatable bonds is 6. The van der Waals surface area contributed by atoms with Gasteiger partial charge in [0.2, 0.25) is 0 Å². The summed E-state index contributed by atoms with van der Waals surface area (Å²) in [6, 6.07) is 16.9. The van der Waals surface area contributed by atoms with E-state index in [9.17, 15) is 14.0 Å². The van der Waals surface area contributed by atoms with E-state index in [1.54, 1.807) is 13.0 Å². The SMILES string of the molecule is CCOC(=O)c1cc([C@@H](C)c2ccccc2)sc1NC(=O)c1ccc(F)cc1. The van der Waals surface area contributed by atoms with Gasteiger partial charge >= 0.3 is 5.97 Å². The standard InChI is InChI=1S/C22H20FNO3S/c1-3-27-22(26)18-13-19(14(2)15-7-5-4-6-8-15)28-21(18)24-20(25)16-9-11-17(23)12-10-16/h4-14H,3H2,1-2H3,(H,24,25)/t14-/m0/s1. The molecule has 1 heterocycles. The molecule has 28 heavy (non-hydrogen) atoms. The highest BCUT2D eigenvalue weighted by atomic mass is 32.1. The zero-order chi connectivity index (χ0) is 20.1. The highest BCUT2D eigenvalue weighted by molar-refractivity contribution is 7.16. The fourth-order valence-electron chi connectivity index (χ4n) is 2.76. The minimum Gasteiger partial charge on any atom is -0.462 e. The first-order valence-corrected chi connectivity index (χ1v) is 9.74. The van der Waals surface area contributed by atoms with Crippen molar-refractivity contribution in [1.82, 2.24) is 0 Å². The van der Waals surface area contributed by atoms with Crippen LogP contribution in [0.2, 0.25) is 0 Å². The largest absolute Gasteiger partial charge is 0.462 e. The summed E-state index contributed by atoms with van der Waals surface area (Å²) in [5.41, 5.74) is 1.73. The van der Waals surface area contributed by atoms with Gasteiger partial charge in [0.1, 0.15) is 10.8 Å². The van der Waals surface area contributed by atoms with Crippen LogP contribution in [0.3, 0.4) is 0 Å². The van der Waals surface area contributed by atoms with Gasteiger partial charge in [0.05, 0.1) is 12.2 Å². The molecule has 0 bridgehead atoms. The highest BCUT2D eigenvalue weighted by Crippen LogP contribution is 2.36. The van der Waals surface area contributed by atoms with Crippen molar-refractivity contribution < 1.29 is 18.7 Å². The molecule has 2 aromatic carbocycles. The number of amides is 1. The first-order valence-electron chi connectivity index (χ1n) is 8.92. The van der Waals surface area contributed by atoms with E-state index in [0.29, 0.717) is 16.1 Å². The number of carbonyl (C=O) groups is 2. The van der Waals surface area contributed by atoms with Gasteiger partial charge in [0, 0.05) is 16.4 Å². The summed E-state index contributed by atoms with van der Waals surface area (Å²) in [6.45, 7) is 4.01. The van der Waals surface area contributed by atoms with Crippen molar-refractivity contribution in [3.63, 3.8) is 0 Å². The topological polar surface area (TPSA) is 55.4 Å². The van der Waals surface area contributed by atoms with E-state index in [1.165, 1.54) is 35.6 Å². The molecule has 1 atom stereocenters. The number of carbonyl (C=O) groups excluding carboxylic acids is 2. The predicted octanol–water partition coefficient (Wildman–Crippen LogP) is 5.47. The Hall–Kier alpha value is -2.99. The van der Waals surface area contributed by atoms with Crippen LogP contribution in [0.5, 0.6) is 0 Å². The minimum atomic E-state index is -0.486. The molecule has 0 aliphatic rings. The molecule has 6 heteroatoms. The first-order chi connectivity index (χ1) is 13.5. The van der Waals surface area contributed by atoms with Crippen LogP contribution in [0.1, 0.15) is 50.9 Å². The van der Waals surface area contributed by atoms with Crippen LogP contribution in [0, 0.1) is 5.82 Å². The number of anilines is 1. The Kier molecular flexibility index (Phi) is 6.21. The van der Waals surface area contributed by atoms with Gasteiger partial charge in [-0.15, -0.1) is 11.3 Å². The van der Waals surface area contributed by atoms with E-state index in [-0.39, 0.29) is 12.5 Å². The van der Waals surface area contributed by atoms with Crippen molar-refractivity contribution in [2.75, 3.05) is 11.9 Å². The van der Waals surface area contributed by atoms with Crippen molar-refractivity contribution in [3.05, 3.63) is 88.0 Å². The molecule has 3 aromatic rings. The van der Waals surface area contributed by atoms with Crippen LogP contribution in [-0.4, -0.2) is 18.5 Å². The van der Waals surface area contributed by atoms with E-state index in [1.807, 2.05) is 37.3 Å². The van der Waals surface area contributed by atoms with E-state index < -0.39 is 17.7 Å². The third-order valence-electron chi connectivity index (χ3n) is 4.31. The predicted molar refractivity (Wildman–Crippen MR) is 109 cm³/mol. The number of nitrogens with one attached hydrogen (secondary N) is 1. The lowest BCUT2D eigenvalue weighted by Gasteiger charge is -2.09. The minimum absolute atomic E-state index is 0.0517. The summed E-state index contributed by atoms with van der Waals surface area (Å²) in [4.78, 5) is 25.8. The van der Waals surface area contributed by atoms with Crippen LogP contribution < -0.4 is 5.32 Å². The molecule has 0 fully saturated rings. The summed E-state index contributed by atoms with van der Waals surface area (Å²) < 4.78 is 18.2. The second kappa shape index (κ2) is 8.80. The molecule has 1 aromatic heterocycles. The highest BCUT2D eigenvalue weighted by Gasteiger charge is 2.22. The van der Waals surface area contributed by atoms with Gasteiger partial charge in [-0.1, -0.05) is 37.3 Å². The molecule has 0 aliphatic heterocycles. The third kappa shape index (κ3) is 4.46. The van der Waals surface area contributed by atoms with Crippen molar-refractivity contribution >= 4 is 28.2 Å². The lowest BCUT2D eigenvalue weighted by atomic mass is 9.99. The molecule has 0 aliphatic carbocycles. The first kappa shape index (κ1) is 19.8. The van der Waals surface area contributed by atoms with Crippen LogP contribution in [0.25, 0.3) is 0 Å². The number of esters is 1. The normalized spacial score (nSPS) is 11.7. The van der Waals surface area contributed by atoms with Crippen LogP contribution >= 0.6 is 11.3 Å². The van der Waals surface area contributed by atoms with Gasteiger partial charge in [-0.3, -0.25) is 4.79 Å². The van der Waals surface area contributed by atoms with Crippen LogP contribution in [0.4, 0.5) is 9.39 Å². The maximum absolute atomic E-state index is 13.1. The number of hydrogen-bond donors (Lipinski definition) is 1. The van der Waals surface area contributed by atoms with E-state index in [0.717, 1.165) is 10.4 Å². The molecular formula is C22H20FNO3S. The number of thiophene rings is 1. The Morgan fingerprint density at radius 3 is 2.43 bits per heavy atom. The summed E-state index contributed by atoms with van der Waals surface area (Å²) in [5.74, 6) is -1.26. The quantitative estimate of drug-likeness (QED) is 0.561. The fraction of sp³-hybridized carbons (Fsp3) is 0.182. The number of halogens is 1. The van der Waals surface area contributed by atoms with Gasteiger partial charge in [0.15, 0.2) is 0 Å². The van der Waals surface area contributed by atoms with Crippen molar-refractivity contribution in [2.24, 2.45) is 0 Å². The van der Waals surface area contributed by atoms with Crippen molar-refractivity contribution in [3.8, 4) is 0 Å². The second-order valence-corrected chi connectivity index (χ2v) is 7.29. The van der Waals surface area contributed by atoms with Crippen molar-refractivity contribution in [1.29, 1.82) is 0 Å². The Labute approximate surface area is 167 Å². The number of hydrogen-bond acceptors (Lipinski definition) is 4. The van der Waals surface area contributed by atoms with Crippen molar-refractivity contribution in [2.45, 2.75) is 19.8 Å². The molecule has 0 radical (unpaired) electrons. The summed E-state index contributed by atoms with van der Waals surface area (Å²) in [6.07, 6.45) is 0. The van der Waals surface area contributed by atoms with Gasteiger partial charge in [-0.25, -0.2) is 9.18 Å². The summed E-state index contributed by atoms with van der Waals surface area (Å²) >= 11 is 1.34. The lowest BCUT2D eigenvalue weighted by molar-refractivity contribution is 0.0528. The van der Waals surface area contributed by atoms with Gasteiger partial charge in [0.25, 0.3) is 5.91 Å². The van der Waals surface area contributed by atoms with Gasteiger partial charge in [-0.2, -0.15) is 0 Å². The van der Waals surface area contributed by atoms with Gasteiger partial charge in [-0.05, 0) is 42.8 Å². The van der Waals surface area contributed by atoms with Crippen LogP contribution in [0.15, 0.2) is 60.7 Å². The Balaban J connectivity index is 1.92. The van der Waals surface area contributed by atoms with Crippen LogP contribution in [-0.2, 0) is 4.74 Å².